The van der Waals surface area contributed by atoms with Crippen molar-refractivity contribution < 1.29 is 0 Å². The second-order valence-electron chi connectivity index (χ2n) is 5.56. The largest absolute Gasteiger partial charge is 0.362 e. The maximum atomic E-state index is 4.70. The standard InChI is InChI=1S/C14H25N3S/c1-4-7-15-14-17-12-6-5-11(8-13(12)18-14)16-9-10(2)3/h10-11,16H,4-9H2,1-3H3,(H,15,17)/t11-/m0/s1. The topological polar surface area (TPSA) is 37.0 Å². The molecular formula is C14H25N3S. The third-order valence-corrected chi connectivity index (χ3v) is 4.36. The van der Waals surface area contributed by atoms with E-state index < -0.39 is 0 Å². The number of nitrogens with zero attached hydrogens (tertiary/aromatic N) is 1. The molecule has 0 spiro atoms. The molecule has 0 aromatic carbocycles. The minimum Gasteiger partial charge on any atom is -0.362 e. The van der Waals surface area contributed by atoms with Crippen LogP contribution in [0.25, 0.3) is 0 Å². The van der Waals surface area contributed by atoms with E-state index in [1.54, 1.807) is 0 Å². The molecule has 0 unspecified atom stereocenters. The van der Waals surface area contributed by atoms with E-state index in [2.05, 4.69) is 31.4 Å². The summed E-state index contributed by atoms with van der Waals surface area (Å²) in [6.07, 6.45) is 4.68. The Morgan fingerprint density at radius 2 is 2.28 bits per heavy atom. The van der Waals surface area contributed by atoms with Gasteiger partial charge in [-0.05, 0) is 38.1 Å². The van der Waals surface area contributed by atoms with E-state index >= 15 is 0 Å². The highest BCUT2D eigenvalue weighted by molar-refractivity contribution is 7.15. The molecule has 2 rings (SSSR count). The molecular weight excluding hydrogens is 242 g/mol. The molecule has 1 heterocycles. The van der Waals surface area contributed by atoms with Crippen LogP contribution in [0.4, 0.5) is 5.13 Å². The lowest BCUT2D eigenvalue weighted by molar-refractivity contribution is 0.426. The van der Waals surface area contributed by atoms with Gasteiger partial charge in [0.2, 0.25) is 0 Å². The van der Waals surface area contributed by atoms with E-state index in [-0.39, 0.29) is 0 Å². The molecule has 18 heavy (non-hydrogen) atoms. The van der Waals surface area contributed by atoms with Crippen LogP contribution in [0.2, 0.25) is 0 Å². The fourth-order valence-corrected chi connectivity index (χ4v) is 3.37. The number of hydrogen-bond acceptors (Lipinski definition) is 4. The van der Waals surface area contributed by atoms with E-state index in [0.717, 1.165) is 43.4 Å². The molecule has 1 aliphatic rings. The maximum absolute atomic E-state index is 4.70. The van der Waals surface area contributed by atoms with Crippen LogP contribution in [0.3, 0.4) is 0 Å². The Morgan fingerprint density at radius 1 is 1.44 bits per heavy atom. The first-order chi connectivity index (χ1) is 8.69. The molecule has 0 aliphatic heterocycles. The summed E-state index contributed by atoms with van der Waals surface area (Å²) in [5.74, 6) is 0.731. The zero-order valence-corrected chi connectivity index (χ0v) is 12.6. The third-order valence-electron chi connectivity index (χ3n) is 3.28. The van der Waals surface area contributed by atoms with Gasteiger partial charge in [0.25, 0.3) is 0 Å². The molecule has 3 nitrogen and oxygen atoms in total. The number of fused-ring (bicyclic) bond motifs is 1. The number of hydrogen-bond donors (Lipinski definition) is 2. The van der Waals surface area contributed by atoms with Crippen molar-refractivity contribution in [2.24, 2.45) is 5.92 Å². The molecule has 1 aromatic rings. The Balaban J connectivity index is 1.90. The molecule has 0 saturated heterocycles. The van der Waals surface area contributed by atoms with E-state index in [1.807, 2.05) is 11.3 Å². The van der Waals surface area contributed by atoms with Gasteiger partial charge in [0.15, 0.2) is 5.13 Å². The van der Waals surface area contributed by atoms with Crippen molar-refractivity contribution in [2.75, 3.05) is 18.4 Å². The summed E-state index contributed by atoms with van der Waals surface area (Å²) in [5.41, 5.74) is 1.33. The van der Waals surface area contributed by atoms with Gasteiger partial charge in [0, 0.05) is 17.5 Å². The lowest BCUT2D eigenvalue weighted by Gasteiger charge is -2.23. The average Bonchev–Trinajstić information content (AvgIpc) is 2.75. The van der Waals surface area contributed by atoms with Crippen molar-refractivity contribution >= 4 is 16.5 Å². The van der Waals surface area contributed by atoms with Crippen molar-refractivity contribution in [1.29, 1.82) is 0 Å². The van der Waals surface area contributed by atoms with E-state index in [9.17, 15) is 0 Å². The molecule has 0 bridgehead atoms. The number of rotatable bonds is 6. The highest BCUT2D eigenvalue weighted by Crippen LogP contribution is 2.29. The van der Waals surface area contributed by atoms with Crippen LogP contribution < -0.4 is 10.6 Å². The highest BCUT2D eigenvalue weighted by atomic mass is 32.1. The summed E-state index contributed by atoms with van der Waals surface area (Å²) in [7, 11) is 0. The van der Waals surface area contributed by atoms with Crippen LogP contribution in [0, 0.1) is 5.92 Å². The Hall–Kier alpha value is -0.610. The first kappa shape index (κ1) is 13.8. The van der Waals surface area contributed by atoms with Crippen LogP contribution in [0.1, 0.15) is 44.2 Å². The molecule has 2 N–H and O–H groups in total. The zero-order valence-electron chi connectivity index (χ0n) is 11.8. The molecule has 0 amide bonds. The van der Waals surface area contributed by atoms with E-state index in [1.165, 1.54) is 17.0 Å². The lowest BCUT2D eigenvalue weighted by atomic mass is 9.97. The normalized spacial score (nSPS) is 19.0. The van der Waals surface area contributed by atoms with Crippen LogP contribution in [-0.2, 0) is 12.8 Å². The number of anilines is 1. The third kappa shape index (κ3) is 3.69. The smallest absolute Gasteiger partial charge is 0.183 e. The molecule has 4 heteroatoms. The van der Waals surface area contributed by atoms with Gasteiger partial charge in [-0.1, -0.05) is 20.8 Å². The molecule has 1 atom stereocenters. The summed E-state index contributed by atoms with van der Waals surface area (Å²) >= 11 is 1.85. The minimum atomic E-state index is 0.652. The molecule has 0 saturated carbocycles. The Morgan fingerprint density at radius 3 is 3.00 bits per heavy atom. The minimum absolute atomic E-state index is 0.652. The molecule has 1 aliphatic carbocycles. The predicted octanol–water partition coefficient (Wildman–Crippen LogP) is 3.07. The Kier molecular flexibility index (Phi) is 5.01. The van der Waals surface area contributed by atoms with Crippen molar-refractivity contribution in [3.8, 4) is 0 Å². The second kappa shape index (κ2) is 6.53. The zero-order chi connectivity index (χ0) is 13.0. The first-order valence-corrected chi connectivity index (χ1v) is 7.96. The van der Waals surface area contributed by atoms with E-state index in [0.29, 0.717) is 6.04 Å². The van der Waals surface area contributed by atoms with Gasteiger partial charge in [-0.3, -0.25) is 0 Å². The van der Waals surface area contributed by atoms with Gasteiger partial charge >= 0.3 is 0 Å². The molecule has 1 aromatic heterocycles. The average molecular weight is 267 g/mol. The van der Waals surface area contributed by atoms with Crippen LogP contribution >= 0.6 is 11.3 Å². The van der Waals surface area contributed by atoms with Crippen LogP contribution in [0.15, 0.2) is 0 Å². The van der Waals surface area contributed by atoms with Gasteiger partial charge in [-0.2, -0.15) is 0 Å². The second-order valence-corrected chi connectivity index (χ2v) is 6.64. The fraction of sp³-hybridized carbons (Fsp3) is 0.786. The van der Waals surface area contributed by atoms with Crippen LogP contribution in [-0.4, -0.2) is 24.1 Å². The first-order valence-electron chi connectivity index (χ1n) is 7.14. The summed E-state index contributed by atoms with van der Waals surface area (Å²) in [4.78, 5) is 6.18. The molecule has 0 fully saturated rings. The molecule has 102 valence electrons. The lowest BCUT2D eigenvalue weighted by Crippen LogP contribution is -2.36. The van der Waals surface area contributed by atoms with Crippen molar-refractivity contribution in [3.63, 3.8) is 0 Å². The maximum Gasteiger partial charge on any atom is 0.183 e. The van der Waals surface area contributed by atoms with Crippen molar-refractivity contribution in [3.05, 3.63) is 10.6 Å². The SMILES string of the molecule is CCCNc1nc2c(s1)C[C@@H](NCC(C)C)CC2. The summed E-state index contributed by atoms with van der Waals surface area (Å²) in [6, 6.07) is 0.652. The number of aromatic nitrogens is 1. The monoisotopic (exact) mass is 267 g/mol. The van der Waals surface area contributed by atoms with Gasteiger partial charge in [0.1, 0.15) is 0 Å². The van der Waals surface area contributed by atoms with Gasteiger partial charge < -0.3 is 10.6 Å². The number of nitrogens with one attached hydrogen (secondary N) is 2. The van der Waals surface area contributed by atoms with Crippen LogP contribution in [0.5, 0.6) is 0 Å². The van der Waals surface area contributed by atoms with Gasteiger partial charge in [0.05, 0.1) is 5.69 Å². The number of aryl methyl sites for hydroxylation is 1. The predicted molar refractivity (Wildman–Crippen MR) is 79.5 cm³/mol. The quantitative estimate of drug-likeness (QED) is 0.832. The number of thiazole rings is 1. The van der Waals surface area contributed by atoms with Gasteiger partial charge in [-0.25, -0.2) is 4.98 Å². The van der Waals surface area contributed by atoms with Crippen molar-refractivity contribution in [1.82, 2.24) is 10.3 Å². The highest BCUT2D eigenvalue weighted by Gasteiger charge is 2.22. The fourth-order valence-electron chi connectivity index (χ4n) is 2.26. The van der Waals surface area contributed by atoms with Crippen molar-refractivity contribution in [2.45, 2.75) is 52.5 Å². The summed E-state index contributed by atoms with van der Waals surface area (Å²) in [5, 5.41) is 8.19. The summed E-state index contributed by atoms with van der Waals surface area (Å²) in [6.45, 7) is 8.87. The molecule has 0 radical (unpaired) electrons. The van der Waals surface area contributed by atoms with E-state index in [4.69, 9.17) is 4.98 Å². The Bertz CT molecular complexity index is 373. The summed E-state index contributed by atoms with van der Waals surface area (Å²) < 4.78 is 0. The van der Waals surface area contributed by atoms with Gasteiger partial charge in [-0.15, -0.1) is 11.3 Å². The Labute approximate surface area is 114 Å².